The monoisotopic (exact) mass is 303 g/mol. The van der Waals surface area contributed by atoms with Gasteiger partial charge in [-0.05, 0) is 42.0 Å². The van der Waals surface area contributed by atoms with Gasteiger partial charge in [0.1, 0.15) is 11.6 Å². The van der Waals surface area contributed by atoms with E-state index < -0.39 is 0 Å². The SMILES string of the molecule is Nc1nnc(-c2ccccc2O)cc1C1CC1c1ccccc1. The van der Waals surface area contributed by atoms with Gasteiger partial charge in [-0.2, -0.15) is 0 Å². The molecule has 0 spiro atoms. The molecule has 0 radical (unpaired) electrons. The predicted octanol–water partition coefficient (Wildman–Crippen LogP) is 3.70. The van der Waals surface area contributed by atoms with E-state index in [-0.39, 0.29) is 5.75 Å². The van der Waals surface area contributed by atoms with Crippen LogP contribution in [-0.4, -0.2) is 15.3 Å². The van der Waals surface area contributed by atoms with Crippen LogP contribution in [0.5, 0.6) is 5.75 Å². The first-order chi connectivity index (χ1) is 11.2. The molecule has 23 heavy (non-hydrogen) atoms. The van der Waals surface area contributed by atoms with Gasteiger partial charge in [-0.3, -0.25) is 0 Å². The third-order valence-corrected chi connectivity index (χ3v) is 4.45. The Balaban J connectivity index is 1.68. The molecule has 1 saturated carbocycles. The first-order valence-corrected chi connectivity index (χ1v) is 7.70. The average Bonchev–Trinajstić information content (AvgIpc) is 3.37. The van der Waals surface area contributed by atoms with Crippen molar-refractivity contribution in [3.8, 4) is 17.0 Å². The number of nitrogen functional groups attached to an aromatic ring is 1. The summed E-state index contributed by atoms with van der Waals surface area (Å²) in [6.07, 6.45) is 1.07. The Kier molecular flexibility index (Phi) is 3.23. The fourth-order valence-corrected chi connectivity index (χ4v) is 3.14. The topological polar surface area (TPSA) is 72.0 Å². The number of para-hydroxylation sites is 1. The lowest BCUT2D eigenvalue weighted by Crippen LogP contribution is -2.01. The molecule has 1 fully saturated rings. The standard InChI is InChI=1S/C19H17N3O/c20-19-16(15-10-14(15)12-6-2-1-3-7-12)11-17(21-22-19)13-8-4-5-9-18(13)23/h1-9,11,14-15,23H,10H2,(H2,20,22). The second-order valence-electron chi connectivity index (χ2n) is 5.95. The molecule has 1 aliphatic rings. The van der Waals surface area contributed by atoms with Gasteiger partial charge >= 0.3 is 0 Å². The Labute approximate surface area is 134 Å². The molecule has 4 rings (SSSR count). The number of benzene rings is 2. The zero-order chi connectivity index (χ0) is 15.8. The molecule has 0 aliphatic heterocycles. The van der Waals surface area contributed by atoms with Crippen LogP contribution in [-0.2, 0) is 0 Å². The van der Waals surface area contributed by atoms with Crippen molar-refractivity contribution >= 4 is 5.82 Å². The summed E-state index contributed by atoms with van der Waals surface area (Å²) in [5, 5.41) is 18.3. The van der Waals surface area contributed by atoms with E-state index in [2.05, 4.69) is 34.5 Å². The van der Waals surface area contributed by atoms with Gasteiger partial charge in [-0.25, -0.2) is 0 Å². The molecule has 1 aliphatic carbocycles. The van der Waals surface area contributed by atoms with Crippen LogP contribution in [0.1, 0.15) is 29.4 Å². The highest BCUT2D eigenvalue weighted by molar-refractivity contribution is 5.68. The first-order valence-electron chi connectivity index (χ1n) is 7.70. The average molecular weight is 303 g/mol. The summed E-state index contributed by atoms with van der Waals surface area (Å²) in [6, 6.07) is 19.6. The molecule has 114 valence electrons. The molecule has 2 unspecified atom stereocenters. The zero-order valence-electron chi connectivity index (χ0n) is 12.6. The van der Waals surface area contributed by atoms with Crippen LogP contribution in [0.3, 0.4) is 0 Å². The number of aromatic hydroxyl groups is 1. The van der Waals surface area contributed by atoms with Gasteiger partial charge < -0.3 is 10.8 Å². The molecule has 2 atom stereocenters. The highest BCUT2D eigenvalue weighted by Crippen LogP contribution is 2.55. The van der Waals surface area contributed by atoms with Crippen molar-refractivity contribution in [2.45, 2.75) is 18.3 Å². The summed E-state index contributed by atoms with van der Waals surface area (Å²) in [5.41, 5.74) is 9.74. The van der Waals surface area contributed by atoms with Gasteiger partial charge in [-0.15, -0.1) is 10.2 Å². The molecule has 1 heterocycles. The summed E-state index contributed by atoms with van der Waals surface area (Å²) in [4.78, 5) is 0. The van der Waals surface area contributed by atoms with Gasteiger partial charge in [-0.1, -0.05) is 42.5 Å². The second kappa shape index (κ2) is 5.39. The van der Waals surface area contributed by atoms with Crippen molar-refractivity contribution in [1.29, 1.82) is 0 Å². The predicted molar refractivity (Wildman–Crippen MR) is 90.1 cm³/mol. The van der Waals surface area contributed by atoms with Gasteiger partial charge in [0.15, 0.2) is 0 Å². The molecule has 2 aromatic carbocycles. The van der Waals surface area contributed by atoms with Crippen LogP contribution in [0.15, 0.2) is 60.7 Å². The quantitative estimate of drug-likeness (QED) is 0.774. The van der Waals surface area contributed by atoms with E-state index in [0.717, 1.165) is 12.0 Å². The maximum atomic E-state index is 10.0. The molecule has 3 N–H and O–H groups in total. The van der Waals surface area contributed by atoms with E-state index in [1.165, 1.54) is 5.56 Å². The third-order valence-electron chi connectivity index (χ3n) is 4.45. The van der Waals surface area contributed by atoms with Crippen LogP contribution in [0.4, 0.5) is 5.82 Å². The second-order valence-corrected chi connectivity index (χ2v) is 5.95. The number of anilines is 1. The maximum Gasteiger partial charge on any atom is 0.149 e. The Hall–Kier alpha value is -2.88. The highest BCUT2D eigenvalue weighted by Gasteiger charge is 2.41. The molecule has 3 aromatic rings. The van der Waals surface area contributed by atoms with Gasteiger partial charge in [0.05, 0.1) is 5.69 Å². The third kappa shape index (κ3) is 2.52. The summed E-state index contributed by atoms with van der Waals surface area (Å²) in [5.74, 6) is 1.54. The smallest absolute Gasteiger partial charge is 0.149 e. The molecular weight excluding hydrogens is 286 g/mol. The van der Waals surface area contributed by atoms with Crippen molar-refractivity contribution in [3.63, 3.8) is 0 Å². The summed E-state index contributed by atoms with van der Waals surface area (Å²) >= 11 is 0. The number of hydrogen-bond acceptors (Lipinski definition) is 4. The number of aromatic nitrogens is 2. The lowest BCUT2D eigenvalue weighted by molar-refractivity contribution is 0.477. The minimum Gasteiger partial charge on any atom is -0.507 e. The van der Waals surface area contributed by atoms with Crippen LogP contribution in [0.25, 0.3) is 11.3 Å². The molecule has 0 saturated heterocycles. The minimum atomic E-state index is 0.202. The molecule has 4 nitrogen and oxygen atoms in total. The molecule has 1 aromatic heterocycles. The van der Waals surface area contributed by atoms with Crippen molar-refractivity contribution in [3.05, 3.63) is 71.8 Å². The first kappa shape index (κ1) is 13.8. The van der Waals surface area contributed by atoms with Gasteiger partial charge in [0, 0.05) is 11.1 Å². The fraction of sp³-hybridized carbons (Fsp3) is 0.158. The van der Waals surface area contributed by atoms with Crippen LogP contribution in [0.2, 0.25) is 0 Å². The molecular formula is C19H17N3O. The van der Waals surface area contributed by atoms with Gasteiger partial charge in [0.2, 0.25) is 0 Å². The van der Waals surface area contributed by atoms with E-state index in [1.807, 2.05) is 24.3 Å². The normalized spacial score (nSPS) is 19.5. The van der Waals surface area contributed by atoms with Crippen molar-refractivity contribution in [2.24, 2.45) is 0 Å². The highest BCUT2D eigenvalue weighted by atomic mass is 16.3. The Morgan fingerprint density at radius 2 is 1.65 bits per heavy atom. The molecule has 4 heteroatoms. The number of rotatable bonds is 3. The minimum absolute atomic E-state index is 0.202. The number of hydrogen-bond donors (Lipinski definition) is 2. The Morgan fingerprint density at radius 3 is 2.43 bits per heavy atom. The number of nitrogens with zero attached hydrogens (tertiary/aromatic N) is 2. The Bertz CT molecular complexity index is 848. The lowest BCUT2D eigenvalue weighted by atomic mass is 10.0. The van der Waals surface area contributed by atoms with E-state index in [0.29, 0.717) is 28.9 Å². The largest absolute Gasteiger partial charge is 0.507 e. The Morgan fingerprint density at radius 1 is 0.913 bits per heavy atom. The van der Waals surface area contributed by atoms with E-state index in [9.17, 15) is 5.11 Å². The van der Waals surface area contributed by atoms with Crippen molar-refractivity contribution in [2.75, 3.05) is 5.73 Å². The van der Waals surface area contributed by atoms with Crippen LogP contribution in [0, 0.1) is 0 Å². The maximum absolute atomic E-state index is 10.0. The lowest BCUT2D eigenvalue weighted by Gasteiger charge is -2.08. The van der Waals surface area contributed by atoms with Crippen molar-refractivity contribution < 1.29 is 5.11 Å². The molecule has 0 amide bonds. The summed E-state index contributed by atoms with van der Waals surface area (Å²) in [6.45, 7) is 0. The number of nitrogens with two attached hydrogens (primary N) is 1. The van der Waals surface area contributed by atoms with E-state index in [4.69, 9.17) is 5.73 Å². The fourth-order valence-electron chi connectivity index (χ4n) is 3.14. The van der Waals surface area contributed by atoms with Gasteiger partial charge in [0.25, 0.3) is 0 Å². The summed E-state index contributed by atoms with van der Waals surface area (Å²) in [7, 11) is 0. The number of phenols is 1. The van der Waals surface area contributed by atoms with E-state index >= 15 is 0 Å². The zero-order valence-corrected chi connectivity index (χ0v) is 12.6. The van der Waals surface area contributed by atoms with Crippen LogP contribution >= 0.6 is 0 Å². The number of phenolic OH excluding ortho intramolecular Hbond substituents is 1. The molecule has 0 bridgehead atoms. The van der Waals surface area contributed by atoms with Crippen LogP contribution < -0.4 is 5.73 Å². The van der Waals surface area contributed by atoms with Crippen molar-refractivity contribution in [1.82, 2.24) is 10.2 Å². The summed E-state index contributed by atoms with van der Waals surface area (Å²) < 4.78 is 0. The van der Waals surface area contributed by atoms with E-state index in [1.54, 1.807) is 12.1 Å².